The number of hydrogen-bond donors (Lipinski definition) is 0. The third-order valence-corrected chi connectivity index (χ3v) is 4.06. The summed E-state index contributed by atoms with van der Waals surface area (Å²) in [5.41, 5.74) is 0.362. The van der Waals surface area contributed by atoms with Gasteiger partial charge in [0.2, 0.25) is 0 Å². The van der Waals surface area contributed by atoms with Gasteiger partial charge in [0, 0.05) is 31.2 Å². The lowest BCUT2D eigenvalue weighted by molar-refractivity contribution is 0.0703. The molecular weight excluding hydrogens is 313 g/mol. The summed E-state index contributed by atoms with van der Waals surface area (Å²) >= 11 is 0. The number of aromatic nitrogens is 2. The second kappa shape index (κ2) is 7.53. The van der Waals surface area contributed by atoms with Crippen LogP contribution in [-0.4, -0.2) is 40.6 Å². The van der Waals surface area contributed by atoms with Crippen LogP contribution in [0.1, 0.15) is 47.8 Å². The van der Waals surface area contributed by atoms with E-state index in [1.165, 1.54) is 12.1 Å². The summed E-state index contributed by atoms with van der Waals surface area (Å²) in [6.07, 6.45) is 1.74. The Balaban J connectivity index is 1.67. The number of likely N-dealkylation sites (tertiary alicyclic amines) is 1. The zero-order valence-corrected chi connectivity index (χ0v) is 13.6. The summed E-state index contributed by atoms with van der Waals surface area (Å²) in [5.74, 6) is 0.489. The number of hydrogen-bond acceptors (Lipinski definition) is 5. The Bertz CT molecular complexity index is 704. The molecule has 2 heterocycles. The number of carbonyl (C=O) groups is 1. The molecule has 1 aliphatic heterocycles. The second-order valence-corrected chi connectivity index (χ2v) is 5.78. The molecule has 0 bridgehead atoms. The van der Waals surface area contributed by atoms with Crippen molar-refractivity contribution in [2.75, 3.05) is 19.7 Å². The lowest BCUT2D eigenvalue weighted by Gasteiger charge is -2.31. The van der Waals surface area contributed by atoms with Crippen molar-refractivity contribution in [3.63, 3.8) is 0 Å². The van der Waals surface area contributed by atoms with Gasteiger partial charge < -0.3 is 14.2 Å². The van der Waals surface area contributed by atoms with E-state index < -0.39 is 5.82 Å². The monoisotopic (exact) mass is 333 g/mol. The Morgan fingerprint density at radius 1 is 1.50 bits per heavy atom. The predicted octanol–water partition coefficient (Wildman–Crippen LogP) is 2.77. The van der Waals surface area contributed by atoms with Gasteiger partial charge in [-0.1, -0.05) is 11.2 Å². The van der Waals surface area contributed by atoms with Crippen molar-refractivity contribution in [3.05, 3.63) is 47.4 Å². The molecule has 2 aromatic rings. The van der Waals surface area contributed by atoms with Crippen molar-refractivity contribution in [3.8, 4) is 0 Å². The van der Waals surface area contributed by atoms with E-state index in [1.54, 1.807) is 17.0 Å². The topological polar surface area (TPSA) is 68.5 Å². The Hall–Kier alpha value is -2.28. The van der Waals surface area contributed by atoms with Crippen LogP contribution in [0.15, 0.2) is 28.8 Å². The average Bonchev–Trinajstić information content (AvgIpc) is 3.08. The highest BCUT2D eigenvalue weighted by atomic mass is 19.1. The van der Waals surface area contributed by atoms with Crippen molar-refractivity contribution >= 4 is 5.91 Å². The molecule has 1 amide bonds. The van der Waals surface area contributed by atoms with E-state index in [9.17, 15) is 9.18 Å². The first kappa shape index (κ1) is 16.6. The van der Waals surface area contributed by atoms with Crippen molar-refractivity contribution in [1.29, 1.82) is 0 Å². The summed E-state index contributed by atoms with van der Waals surface area (Å²) in [7, 11) is 0. The molecule has 128 valence electrons. The van der Waals surface area contributed by atoms with E-state index in [4.69, 9.17) is 9.26 Å². The van der Waals surface area contributed by atoms with Crippen LogP contribution >= 0.6 is 0 Å². The Kier molecular flexibility index (Phi) is 5.20. The number of halogens is 1. The smallest absolute Gasteiger partial charge is 0.253 e. The fourth-order valence-corrected chi connectivity index (χ4v) is 2.86. The van der Waals surface area contributed by atoms with Crippen molar-refractivity contribution in [2.45, 2.75) is 32.3 Å². The third kappa shape index (κ3) is 3.79. The van der Waals surface area contributed by atoms with Crippen LogP contribution in [0.5, 0.6) is 0 Å². The Morgan fingerprint density at radius 3 is 3.17 bits per heavy atom. The first-order chi connectivity index (χ1) is 11.7. The summed E-state index contributed by atoms with van der Waals surface area (Å²) in [5, 5.41) is 4.01. The highest BCUT2D eigenvalue weighted by Crippen LogP contribution is 2.26. The largest absolute Gasteiger partial charge is 0.372 e. The van der Waals surface area contributed by atoms with E-state index in [2.05, 4.69) is 10.1 Å². The van der Waals surface area contributed by atoms with Gasteiger partial charge in [0.1, 0.15) is 12.4 Å². The van der Waals surface area contributed by atoms with Gasteiger partial charge in [-0.15, -0.1) is 0 Å². The zero-order valence-electron chi connectivity index (χ0n) is 13.6. The van der Waals surface area contributed by atoms with Crippen LogP contribution in [0, 0.1) is 5.82 Å². The summed E-state index contributed by atoms with van der Waals surface area (Å²) in [4.78, 5) is 18.6. The van der Waals surface area contributed by atoms with Crippen LogP contribution in [-0.2, 0) is 11.3 Å². The fourth-order valence-electron chi connectivity index (χ4n) is 2.86. The van der Waals surface area contributed by atoms with Gasteiger partial charge in [-0.2, -0.15) is 4.98 Å². The minimum Gasteiger partial charge on any atom is -0.372 e. The minimum atomic E-state index is -0.409. The van der Waals surface area contributed by atoms with Gasteiger partial charge in [-0.05, 0) is 38.0 Å². The molecule has 1 fully saturated rings. The van der Waals surface area contributed by atoms with Crippen molar-refractivity contribution in [1.82, 2.24) is 15.0 Å². The summed E-state index contributed by atoms with van der Waals surface area (Å²) in [6, 6.07) is 5.77. The highest BCUT2D eigenvalue weighted by Gasteiger charge is 2.28. The molecule has 0 aliphatic carbocycles. The maximum Gasteiger partial charge on any atom is 0.253 e. The van der Waals surface area contributed by atoms with Gasteiger partial charge in [-0.3, -0.25) is 4.79 Å². The number of amides is 1. The third-order valence-electron chi connectivity index (χ3n) is 4.06. The maximum atomic E-state index is 13.3. The molecule has 24 heavy (non-hydrogen) atoms. The minimum absolute atomic E-state index is 0.0235. The van der Waals surface area contributed by atoms with Crippen LogP contribution < -0.4 is 0 Å². The van der Waals surface area contributed by atoms with Crippen molar-refractivity contribution in [2.24, 2.45) is 0 Å². The van der Waals surface area contributed by atoms with E-state index in [-0.39, 0.29) is 11.8 Å². The fraction of sp³-hybridized carbons (Fsp3) is 0.471. The summed E-state index contributed by atoms with van der Waals surface area (Å²) < 4.78 is 23.8. The normalized spacial score (nSPS) is 17.9. The molecule has 1 aromatic heterocycles. The van der Waals surface area contributed by atoms with Gasteiger partial charge in [0.15, 0.2) is 5.82 Å². The molecule has 0 saturated carbocycles. The van der Waals surface area contributed by atoms with Crippen LogP contribution in [0.4, 0.5) is 4.39 Å². The number of benzene rings is 1. The summed E-state index contributed by atoms with van der Waals surface area (Å²) in [6.45, 7) is 3.92. The molecular formula is C17H20FN3O3. The van der Waals surface area contributed by atoms with Gasteiger partial charge in [-0.25, -0.2) is 4.39 Å². The number of nitrogens with zero attached hydrogens (tertiary/aromatic N) is 3. The van der Waals surface area contributed by atoms with Crippen LogP contribution in [0.2, 0.25) is 0 Å². The van der Waals surface area contributed by atoms with Gasteiger partial charge in [0.05, 0.1) is 0 Å². The van der Waals surface area contributed by atoms with Gasteiger partial charge in [0.25, 0.3) is 11.8 Å². The highest BCUT2D eigenvalue weighted by molar-refractivity contribution is 5.94. The molecule has 0 N–H and O–H groups in total. The van der Waals surface area contributed by atoms with E-state index in [1.807, 2.05) is 6.92 Å². The lowest BCUT2D eigenvalue weighted by Crippen LogP contribution is -2.39. The molecule has 3 rings (SSSR count). The number of ether oxygens (including phenoxy) is 1. The SMILES string of the molecule is CCOCc1nc(C2CCCN(C(=O)c3cccc(F)c3)C2)no1. The van der Waals surface area contributed by atoms with E-state index in [0.29, 0.717) is 43.6 Å². The lowest BCUT2D eigenvalue weighted by atomic mass is 9.96. The number of piperidine rings is 1. The van der Waals surface area contributed by atoms with Crippen LogP contribution in [0.25, 0.3) is 0 Å². The first-order valence-electron chi connectivity index (χ1n) is 8.12. The quantitative estimate of drug-likeness (QED) is 0.841. The first-order valence-corrected chi connectivity index (χ1v) is 8.12. The average molecular weight is 333 g/mol. The molecule has 1 aromatic carbocycles. The Labute approximate surface area is 139 Å². The van der Waals surface area contributed by atoms with E-state index in [0.717, 1.165) is 12.8 Å². The maximum absolute atomic E-state index is 13.3. The molecule has 1 unspecified atom stereocenters. The second-order valence-electron chi connectivity index (χ2n) is 5.78. The standard InChI is InChI=1S/C17H20FN3O3/c1-2-23-11-15-19-16(20-24-15)13-6-4-8-21(10-13)17(22)12-5-3-7-14(18)9-12/h3,5,7,9,13H,2,4,6,8,10-11H2,1H3. The molecule has 1 saturated heterocycles. The van der Waals surface area contributed by atoms with Crippen LogP contribution in [0.3, 0.4) is 0 Å². The van der Waals surface area contributed by atoms with Crippen molar-refractivity contribution < 1.29 is 18.4 Å². The predicted molar refractivity (Wildman–Crippen MR) is 83.9 cm³/mol. The zero-order chi connectivity index (χ0) is 16.9. The van der Waals surface area contributed by atoms with Gasteiger partial charge >= 0.3 is 0 Å². The molecule has 7 heteroatoms. The molecule has 1 aliphatic rings. The molecule has 0 radical (unpaired) electrons. The molecule has 1 atom stereocenters. The molecule has 6 nitrogen and oxygen atoms in total. The molecule has 0 spiro atoms. The number of rotatable bonds is 5. The van der Waals surface area contributed by atoms with E-state index >= 15 is 0 Å². The number of carbonyl (C=O) groups excluding carboxylic acids is 1. The Morgan fingerprint density at radius 2 is 2.38 bits per heavy atom.